The Labute approximate surface area is 213 Å². The summed E-state index contributed by atoms with van der Waals surface area (Å²) in [6.45, 7) is 10.1. The SMILES string of the molecule is C/C=C(\SCC)c1nc2c(nc1NC(=O)Cc1ccc(C)cc1)CCc1cc(OC)ccc1-2.CC. The molecule has 35 heavy (non-hydrogen) atoms. The van der Waals surface area contributed by atoms with Crippen LogP contribution in [0.1, 0.15) is 55.8 Å². The number of hydrogen-bond donors (Lipinski definition) is 1. The molecule has 4 rings (SSSR count). The standard InChI is InChI=1S/C27H29N3O2S.C2H6/c1-5-23(33-6-2)26-27(29-24(31)15-18-9-7-17(3)8-10-18)28-22-14-11-19-16-20(32-4)12-13-21(19)25(22)30-26;1-2/h5,7-10,12-13,16H,6,11,14-15H2,1-4H3,(H,28,29,31);1-2H3/b23-5-;. The molecule has 0 saturated carbocycles. The van der Waals surface area contributed by atoms with Gasteiger partial charge >= 0.3 is 0 Å². The zero-order valence-corrected chi connectivity index (χ0v) is 22.4. The molecule has 0 aliphatic heterocycles. The number of methoxy groups -OCH3 is 1. The number of anilines is 1. The molecular formula is C29H35N3O2S. The average molecular weight is 490 g/mol. The van der Waals surface area contributed by atoms with Crippen molar-refractivity contribution < 1.29 is 9.53 Å². The van der Waals surface area contributed by atoms with Gasteiger partial charge in [-0.15, -0.1) is 11.8 Å². The van der Waals surface area contributed by atoms with Crippen LogP contribution in [0.15, 0.2) is 48.5 Å². The number of aromatic nitrogens is 2. The second-order valence-electron chi connectivity index (χ2n) is 8.04. The number of thioether (sulfide) groups is 1. The van der Waals surface area contributed by atoms with E-state index >= 15 is 0 Å². The molecule has 1 aliphatic carbocycles. The van der Waals surface area contributed by atoms with E-state index in [-0.39, 0.29) is 5.91 Å². The third-order valence-electron chi connectivity index (χ3n) is 5.71. The first kappa shape index (κ1) is 26.5. The van der Waals surface area contributed by atoms with Gasteiger partial charge in [0.25, 0.3) is 0 Å². The lowest BCUT2D eigenvalue weighted by Crippen LogP contribution is -2.19. The lowest BCUT2D eigenvalue weighted by molar-refractivity contribution is -0.115. The first-order valence-corrected chi connectivity index (χ1v) is 13.2. The predicted molar refractivity (Wildman–Crippen MR) is 148 cm³/mol. The maximum absolute atomic E-state index is 12.9. The highest BCUT2D eigenvalue weighted by Gasteiger charge is 2.24. The van der Waals surface area contributed by atoms with E-state index in [2.05, 4.69) is 24.4 Å². The number of hydrogen-bond acceptors (Lipinski definition) is 5. The minimum absolute atomic E-state index is 0.0905. The molecule has 0 radical (unpaired) electrons. The van der Waals surface area contributed by atoms with Crippen LogP contribution in [0, 0.1) is 6.92 Å². The molecule has 0 spiro atoms. The van der Waals surface area contributed by atoms with Crippen LogP contribution in [-0.4, -0.2) is 28.7 Å². The smallest absolute Gasteiger partial charge is 0.230 e. The molecule has 1 aliphatic rings. The predicted octanol–water partition coefficient (Wildman–Crippen LogP) is 6.88. The van der Waals surface area contributed by atoms with E-state index in [9.17, 15) is 4.79 Å². The number of carbonyl (C=O) groups is 1. The summed E-state index contributed by atoms with van der Waals surface area (Å²) >= 11 is 1.70. The zero-order chi connectivity index (χ0) is 25.4. The Hall–Kier alpha value is -3.12. The second kappa shape index (κ2) is 12.5. The number of rotatable bonds is 7. The molecule has 1 N–H and O–H groups in total. The molecule has 0 saturated heterocycles. The summed E-state index contributed by atoms with van der Waals surface area (Å²) in [6, 6.07) is 14.1. The number of nitrogens with zero attached hydrogens (tertiary/aromatic N) is 2. The van der Waals surface area contributed by atoms with Crippen molar-refractivity contribution >= 4 is 28.4 Å². The first-order chi connectivity index (χ1) is 17.0. The summed E-state index contributed by atoms with van der Waals surface area (Å²) in [7, 11) is 1.68. The zero-order valence-electron chi connectivity index (χ0n) is 21.6. The Balaban J connectivity index is 0.00000167. The fourth-order valence-electron chi connectivity index (χ4n) is 4.02. The summed E-state index contributed by atoms with van der Waals surface area (Å²) in [6.07, 6.45) is 3.98. The Morgan fingerprint density at radius 3 is 2.51 bits per heavy atom. The normalized spacial score (nSPS) is 12.1. The van der Waals surface area contributed by atoms with Gasteiger partial charge in [0, 0.05) is 10.5 Å². The van der Waals surface area contributed by atoms with Gasteiger partial charge in [-0.25, -0.2) is 9.97 Å². The van der Waals surface area contributed by atoms with Crippen LogP contribution in [-0.2, 0) is 24.1 Å². The average Bonchev–Trinajstić information content (AvgIpc) is 2.89. The van der Waals surface area contributed by atoms with Crippen LogP contribution in [0.2, 0.25) is 0 Å². The van der Waals surface area contributed by atoms with Crippen LogP contribution in [0.25, 0.3) is 16.2 Å². The van der Waals surface area contributed by atoms with Crippen molar-refractivity contribution in [2.75, 3.05) is 18.2 Å². The molecule has 184 valence electrons. The number of benzene rings is 2. The molecule has 6 heteroatoms. The Morgan fingerprint density at radius 2 is 1.86 bits per heavy atom. The molecule has 0 atom stereocenters. The fourth-order valence-corrected chi connectivity index (χ4v) is 4.78. The van der Waals surface area contributed by atoms with Crippen LogP contribution >= 0.6 is 11.8 Å². The van der Waals surface area contributed by atoms with Crippen molar-refractivity contribution in [2.24, 2.45) is 0 Å². The van der Waals surface area contributed by atoms with Crippen LogP contribution < -0.4 is 10.1 Å². The number of nitrogens with one attached hydrogen (secondary N) is 1. The van der Waals surface area contributed by atoms with Crippen molar-refractivity contribution in [3.05, 3.63) is 76.6 Å². The van der Waals surface area contributed by atoms with Gasteiger partial charge in [0.2, 0.25) is 5.91 Å². The van der Waals surface area contributed by atoms with E-state index in [0.29, 0.717) is 12.2 Å². The Bertz CT molecular complexity index is 1200. The summed E-state index contributed by atoms with van der Waals surface area (Å²) in [5, 5.41) is 3.05. The number of ether oxygens (including phenoxy) is 1. The third kappa shape index (κ3) is 6.31. The van der Waals surface area contributed by atoms with E-state index in [4.69, 9.17) is 14.7 Å². The molecule has 0 unspecified atom stereocenters. The highest BCUT2D eigenvalue weighted by molar-refractivity contribution is 8.08. The molecule has 1 amide bonds. The maximum atomic E-state index is 12.9. The van der Waals surface area contributed by atoms with Crippen LogP contribution in [0.4, 0.5) is 5.82 Å². The van der Waals surface area contributed by atoms with E-state index in [0.717, 1.165) is 57.5 Å². The monoisotopic (exact) mass is 489 g/mol. The maximum Gasteiger partial charge on any atom is 0.230 e. The van der Waals surface area contributed by atoms with Gasteiger partial charge in [-0.2, -0.15) is 0 Å². The van der Waals surface area contributed by atoms with E-state index in [1.54, 1.807) is 18.9 Å². The van der Waals surface area contributed by atoms with Crippen LogP contribution in [0.3, 0.4) is 0 Å². The minimum atomic E-state index is -0.0905. The van der Waals surface area contributed by atoms with Gasteiger partial charge in [0.15, 0.2) is 5.82 Å². The van der Waals surface area contributed by atoms with Gasteiger partial charge in [0.1, 0.15) is 11.4 Å². The van der Waals surface area contributed by atoms with Crippen molar-refractivity contribution in [3.63, 3.8) is 0 Å². The number of carbonyl (C=O) groups excluding carboxylic acids is 1. The number of fused-ring (bicyclic) bond motifs is 3. The summed E-state index contributed by atoms with van der Waals surface area (Å²) in [4.78, 5) is 23.9. The molecule has 3 aromatic rings. The van der Waals surface area contributed by atoms with E-state index < -0.39 is 0 Å². The summed E-state index contributed by atoms with van der Waals surface area (Å²) in [5.74, 6) is 2.20. The molecule has 1 heterocycles. The topological polar surface area (TPSA) is 64.1 Å². The molecule has 5 nitrogen and oxygen atoms in total. The number of aryl methyl sites for hydroxylation is 3. The third-order valence-corrected chi connectivity index (χ3v) is 6.73. The molecule has 2 aromatic carbocycles. The number of allylic oxidation sites excluding steroid dienone is 1. The minimum Gasteiger partial charge on any atom is -0.497 e. The van der Waals surface area contributed by atoms with Gasteiger partial charge < -0.3 is 10.1 Å². The van der Waals surface area contributed by atoms with Crippen molar-refractivity contribution in [3.8, 4) is 17.0 Å². The molecule has 0 bridgehead atoms. The van der Waals surface area contributed by atoms with Crippen molar-refractivity contribution in [1.82, 2.24) is 9.97 Å². The van der Waals surface area contributed by atoms with E-state index in [1.165, 1.54) is 11.1 Å². The van der Waals surface area contributed by atoms with Gasteiger partial charge in [-0.1, -0.05) is 56.7 Å². The van der Waals surface area contributed by atoms with Gasteiger partial charge in [-0.3, -0.25) is 4.79 Å². The first-order valence-electron chi connectivity index (χ1n) is 12.3. The molecule has 0 fully saturated rings. The Morgan fingerprint density at radius 1 is 1.11 bits per heavy atom. The lowest BCUT2D eigenvalue weighted by atomic mass is 9.91. The second-order valence-corrected chi connectivity index (χ2v) is 9.34. The summed E-state index contributed by atoms with van der Waals surface area (Å²) in [5.41, 5.74) is 6.98. The van der Waals surface area contributed by atoms with Crippen LogP contribution in [0.5, 0.6) is 5.75 Å². The highest BCUT2D eigenvalue weighted by Crippen LogP contribution is 2.38. The number of amides is 1. The highest BCUT2D eigenvalue weighted by atomic mass is 32.2. The van der Waals surface area contributed by atoms with Gasteiger partial charge in [-0.05, 0) is 61.8 Å². The van der Waals surface area contributed by atoms with E-state index in [1.807, 2.05) is 64.1 Å². The Kier molecular flexibility index (Phi) is 9.49. The quantitative estimate of drug-likeness (QED) is 0.392. The largest absolute Gasteiger partial charge is 0.497 e. The lowest BCUT2D eigenvalue weighted by Gasteiger charge is -2.22. The van der Waals surface area contributed by atoms with Crippen molar-refractivity contribution in [2.45, 2.75) is 53.9 Å². The molecule has 1 aromatic heterocycles. The fraction of sp³-hybridized carbons (Fsp3) is 0.345. The van der Waals surface area contributed by atoms with Gasteiger partial charge in [0.05, 0.1) is 24.9 Å². The van der Waals surface area contributed by atoms with Crippen molar-refractivity contribution in [1.29, 1.82) is 0 Å². The summed E-state index contributed by atoms with van der Waals surface area (Å²) < 4.78 is 5.40. The molecular weight excluding hydrogens is 454 g/mol.